The predicted octanol–water partition coefficient (Wildman–Crippen LogP) is 3.54. The number of benzene rings is 1. The zero-order chi connectivity index (χ0) is 18.7. The van der Waals surface area contributed by atoms with Crippen LogP contribution in [0.15, 0.2) is 29.2 Å². The van der Waals surface area contributed by atoms with E-state index in [9.17, 15) is 14.4 Å². The molecule has 2 heterocycles. The van der Waals surface area contributed by atoms with Gasteiger partial charge in [0, 0.05) is 13.1 Å². The average molecular weight is 372 g/mol. The normalized spacial score (nSPS) is 20.3. The van der Waals surface area contributed by atoms with Gasteiger partial charge < -0.3 is 4.90 Å². The molecule has 2 saturated heterocycles. The van der Waals surface area contributed by atoms with Crippen molar-refractivity contribution in [3.63, 3.8) is 0 Å². The highest BCUT2D eigenvalue weighted by Gasteiger charge is 2.37. The van der Waals surface area contributed by atoms with Crippen LogP contribution >= 0.6 is 11.8 Å². The van der Waals surface area contributed by atoms with E-state index in [2.05, 4.69) is 13.8 Å². The minimum atomic E-state index is -0.377. The third-order valence-corrected chi connectivity index (χ3v) is 5.90. The van der Waals surface area contributed by atoms with Crippen LogP contribution in [0.25, 0.3) is 6.08 Å². The Morgan fingerprint density at radius 1 is 1.19 bits per heavy atom. The van der Waals surface area contributed by atoms with Crippen molar-refractivity contribution in [2.45, 2.75) is 33.1 Å². The molecule has 3 rings (SSSR count). The summed E-state index contributed by atoms with van der Waals surface area (Å²) in [6.45, 7) is 5.51. The van der Waals surface area contributed by atoms with Crippen molar-refractivity contribution < 1.29 is 14.4 Å². The molecule has 0 spiro atoms. The molecule has 6 heteroatoms. The lowest BCUT2D eigenvalue weighted by Crippen LogP contribution is -2.45. The number of aryl methyl sites for hydroxylation is 1. The largest absolute Gasteiger partial charge is 0.341 e. The third kappa shape index (κ3) is 4.18. The molecule has 0 aromatic heterocycles. The van der Waals surface area contributed by atoms with Gasteiger partial charge in [0.05, 0.1) is 4.91 Å². The van der Waals surface area contributed by atoms with E-state index in [1.54, 1.807) is 11.0 Å². The molecule has 1 aromatic carbocycles. The van der Waals surface area contributed by atoms with Gasteiger partial charge in [-0.25, -0.2) is 0 Å². The summed E-state index contributed by atoms with van der Waals surface area (Å²) in [4.78, 5) is 40.4. The molecular weight excluding hydrogens is 348 g/mol. The first-order valence-electron chi connectivity index (χ1n) is 9.10. The number of amides is 3. The molecule has 1 aromatic rings. The molecule has 3 amide bonds. The number of nitrogens with zero attached hydrogens (tertiary/aromatic N) is 2. The second-order valence-corrected chi connectivity index (χ2v) is 7.92. The Balaban J connectivity index is 1.66. The molecular formula is C20H24N2O3S. The van der Waals surface area contributed by atoms with Crippen LogP contribution in [0, 0.1) is 5.92 Å². The van der Waals surface area contributed by atoms with Crippen LogP contribution in [0.2, 0.25) is 0 Å². The summed E-state index contributed by atoms with van der Waals surface area (Å²) < 4.78 is 0. The monoisotopic (exact) mass is 372 g/mol. The van der Waals surface area contributed by atoms with Gasteiger partial charge in [-0.15, -0.1) is 0 Å². The first kappa shape index (κ1) is 18.7. The minimum Gasteiger partial charge on any atom is -0.341 e. The first-order chi connectivity index (χ1) is 12.5. The maximum atomic E-state index is 12.6. The molecule has 2 aliphatic heterocycles. The number of thioether (sulfide) groups is 1. The van der Waals surface area contributed by atoms with Crippen LogP contribution in [-0.4, -0.2) is 46.5 Å². The van der Waals surface area contributed by atoms with Crippen molar-refractivity contribution in [1.82, 2.24) is 9.80 Å². The van der Waals surface area contributed by atoms with Crippen LogP contribution < -0.4 is 0 Å². The van der Waals surface area contributed by atoms with Crippen molar-refractivity contribution in [3.05, 3.63) is 40.3 Å². The summed E-state index contributed by atoms with van der Waals surface area (Å²) in [5.74, 6) is 0.101. The van der Waals surface area contributed by atoms with Gasteiger partial charge in [0.15, 0.2) is 0 Å². The summed E-state index contributed by atoms with van der Waals surface area (Å²) in [5.41, 5.74) is 2.10. The summed E-state index contributed by atoms with van der Waals surface area (Å²) in [5, 5.41) is -0.370. The number of carbonyl (C=O) groups excluding carboxylic acids is 3. The Hall–Kier alpha value is -2.08. The second-order valence-electron chi connectivity index (χ2n) is 6.93. The number of piperidine rings is 1. The zero-order valence-electron chi connectivity index (χ0n) is 15.2. The van der Waals surface area contributed by atoms with E-state index >= 15 is 0 Å². The summed E-state index contributed by atoms with van der Waals surface area (Å²) in [7, 11) is 0. The summed E-state index contributed by atoms with van der Waals surface area (Å²) in [6, 6.07) is 7.90. The standard InChI is InChI=1S/C20H24N2O3S/c1-3-15-4-6-16(7-5-15)12-17-19(24)22(20(25)26-17)13-18(23)21-10-8-14(2)9-11-21/h4-7,12,14H,3,8-11,13H2,1-2H3/b17-12-. The van der Waals surface area contributed by atoms with E-state index in [1.165, 1.54) is 5.56 Å². The number of hydrogen-bond donors (Lipinski definition) is 0. The van der Waals surface area contributed by atoms with Crippen LogP contribution in [-0.2, 0) is 16.0 Å². The average Bonchev–Trinajstić information content (AvgIpc) is 2.90. The van der Waals surface area contributed by atoms with Crippen LogP contribution in [0.4, 0.5) is 4.79 Å². The zero-order valence-corrected chi connectivity index (χ0v) is 16.1. The molecule has 26 heavy (non-hydrogen) atoms. The fourth-order valence-electron chi connectivity index (χ4n) is 3.13. The molecule has 2 aliphatic rings. The lowest BCUT2D eigenvalue weighted by atomic mass is 9.99. The Morgan fingerprint density at radius 2 is 1.85 bits per heavy atom. The van der Waals surface area contributed by atoms with Crippen LogP contribution in [0.5, 0.6) is 0 Å². The molecule has 0 N–H and O–H groups in total. The van der Waals surface area contributed by atoms with Gasteiger partial charge in [-0.05, 0) is 54.1 Å². The van der Waals surface area contributed by atoms with Gasteiger partial charge in [-0.1, -0.05) is 38.1 Å². The van der Waals surface area contributed by atoms with Crippen molar-refractivity contribution in [3.8, 4) is 0 Å². The minimum absolute atomic E-state index is 0.146. The number of rotatable bonds is 4. The van der Waals surface area contributed by atoms with E-state index in [0.717, 1.165) is 41.5 Å². The highest BCUT2D eigenvalue weighted by atomic mass is 32.2. The Morgan fingerprint density at radius 3 is 2.46 bits per heavy atom. The highest BCUT2D eigenvalue weighted by molar-refractivity contribution is 8.18. The topological polar surface area (TPSA) is 57.7 Å². The smallest absolute Gasteiger partial charge is 0.294 e. The highest BCUT2D eigenvalue weighted by Crippen LogP contribution is 2.32. The number of hydrogen-bond acceptors (Lipinski definition) is 4. The van der Waals surface area contributed by atoms with E-state index in [4.69, 9.17) is 0 Å². The number of likely N-dealkylation sites (tertiary alicyclic amines) is 1. The molecule has 0 aliphatic carbocycles. The van der Waals surface area contributed by atoms with E-state index in [1.807, 2.05) is 24.3 Å². The van der Waals surface area contributed by atoms with E-state index in [0.29, 0.717) is 23.9 Å². The summed E-state index contributed by atoms with van der Waals surface area (Å²) in [6.07, 6.45) is 4.62. The third-order valence-electron chi connectivity index (χ3n) is 4.99. The molecule has 138 valence electrons. The number of imide groups is 1. The Bertz CT molecular complexity index is 734. The van der Waals surface area contributed by atoms with Crippen molar-refractivity contribution in [2.24, 2.45) is 5.92 Å². The van der Waals surface area contributed by atoms with Crippen molar-refractivity contribution in [2.75, 3.05) is 19.6 Å². The van der Waals surface area contributed by atoms with Crippen molar-refractivity contribution >= 4 is 34.9 Å². The predicted molar refractivity (Wildman–Crippen MR) is 103 cm³/mol. The Kier molecular flexibility index (Phi) is 5.81. The molecule has 0 bridgehead atoms. The van der Waals surface area contributed by atoms with Gasteiger partial charge in [0.2, 0.25) is 5.91 Å². The van der Waals surface area contributed by atoms with Gasteiger partial charge in [0.1, 0.15) is 6.54 Å². The second kappa shape index (κ2) is 8.08. The summed E-state index contributed by atoms with van der Waals surface area (Å²) >= 11 is 0.903. The van der Waals surface area contributed by atoms with Crippen LogP contribution in [0.3, 0.4) is 0 Å². The quantitative estimate of drug-likeness (QED) is 0.759. The van der Waals surface area contributed by atoms with Gasteiger partial charge in [-0.2, -0.15) is 0 Å². The SMILES string of the molecule is CCc1ccc(/C=C2\SC(=O)N(CC(=O)N3CCC(C)CC3)C2=O)cc1. The van der Waals surface area contributed by atoms with Gasteiger partial charge >= 0.3 is 0 Å². The molecule has 5 nitrogen and oxygen atoms in total. The molecule has 2 fully saturated rings. The molecule has 0 saturated carbocycles. The maximum Gasteiger partial charge on any atom is 0.294 e. The first-order valence-corrected chi connectivity index (χ1v) is 9.91. The van der Waals surface area contributed by atoms with E-state index in [-0.39, 0.29) is 23.6 Å². The molecule has 0 unspecified atom stereocenters. The fraction of sp³-hybridized carbons (Fsp3) is 0.450. The van der Waals surface area contributed by atoms with Gasteiger partial charge in [-0.3, -0.25) is 19.3 Å². The maximum absolute atomic E-state index is 12.6. The fourth-order valence-corrected chi connectivity index (χ4v) is 3.97. The van der Waals surface area contributed by atoms with E-state index < -0.39 is 0 Å². The molecule has 0 atom stereocenters. The number of carbonyl (C=O) groups is 3. The molecule has 0 radical (unpaired) electrons. The van der Waals surface area contributed by atoms with Gasteiger partial charge in [0.25, 0.3) is 11.1 Å². The van der Waals surface area contributed by atoms with Crippen molar-refractivity contribution in [1.29, 1.82) is 0 Å². The Labute approximate surface area is 158 Å². The lowest BCUT2D eigenvalue weighted by Gasteiger charge is -2.31. The van der Waals surface area contributed by atoms with Crippen LogP contribution in [0.1, 0.15) is 37.8 Å². The lowest BCUT2D eigenvalue weighted by molar-refractivity contribution is -0.136.